The molecule has 0 aliphatic heterocycles. The van der Waals surface area contributed by atoms with Crippen LogP contribution in [-0.2, 0) is 9.16 Å². The van der Waals surface area contributed by atoms with Crippen molar-refractivity contribution in [3.05, 3.63) is 0 Å². The summed E-state index contributed by atoms with van der Waals surface area (Å²) in [5.74, 6) is 0. The highest BCUT2D eigenvalue weighted by atomic mass is 28.2. The molecule has 0 saturated heterocycles. The number of rotatable bonds is 4. The molecule has 0 aliphatic rings. The molecule has 1 N–H and O–H groups in total. The smallest absolute Gasteiger partial charge is 0.146 e. The van der Waals surface area contributed by atoms with Gasteiger partial charge in [-0.05, 0) is 0 Å². The molecule has 7 heavy (non-hydrogen) atoms. The van der Waals surface area contributed by atoms with Gasteiger partial charge in [-0.1, -0.05) is 0 Å². The number of aliphatic hydroxyl groups excluding tert-OH is 1. The summed E-state index contributed by atoms with van der Waals surface area (Å²) in [4.78, 5) is 0. The average molecular weight is 122 g/mol. The maximum atomic E-state index is 8.03. The number of hydrogen-bond donors (Lipinski definition) is 1. The Morgan fingerprint density at radius 1 is 1.43 bits per heavy atom. The summed E-state index contributed by atoms with van der Waals surface area (Å²) in [6.07, 6.45) is 0. The zero-order valence-corrected chi connectivity index (χ0v) is 6.39. The van der Waals surface area contributed by atoms with Gasteiger partial charge in [0.25, 0.3) is 0 Å². The summed E-state index contributed by atoms with van der Waals surface area (Å²) in [5.41, 5.74) is 0. The van der Waals surface area contributed by atoms with E-state index in [1.54, 1.807) is 0 Å². The van der Waals surface area contributed by atoms with Crippen molar-refractivity contribution in [1.29, 1.82) is 0 Å². The standard InChI is InChI=1S/C3H10O3Si/c4-3-5-1-2-6-7/h4H,1-3H2,7H3. The molecule has 0 unspecified atom stereocenters. The highest BCUT2D eigenvalue weighted by Gasteiger charge is 1.78. The molecule has 0 atom stereocenters. The Labute approximate surface area is 45.8 Å². The van der Waals surface area contributed by atoms with Crippen LogP contribution in [0.25, 0.3) is 0 Å². The van der Waals surface area contributed by atoms with Gasteiger partial charge in [-0.2, -0.15) is 0 Å². The molecular formula is C3H10O3Si. The second-order valence-corrected chi connectivity index (χ2v) is 1.61. The maximum Gasteiger partial charge on any atom is 0.146 e. The van der Waals surface area contributed by atoms with Gasteiger partial charge in [0.15, 0.2) is 0 Å². The molecule has 0 aromatic rings. The van der Waals surface area contributed by atoms with Gasteiger partial charge < -0.3 is 14.3 Å². The topological polar surface area (TPSA) is 38.7 Å². The predicted octanol–water partition coefficient (Wildman–Crippen LogP) is -1.75. The van der Waals surface area contributed by atoms with E-state index in [2.05, 4.69) is 4.74 Å². The lowest BCUT2D eigenvalue weighted by atomic mass is 10.8. The van der Waals surface area contributed by atoms with E-state index in [4.69, 9.17) is 9.53 Å². The van der Waals surface area contributed by atoms with E-state index in [1.165, 1.54) is 0 Å². The van der Waals surface area contributed by atoms with E-state index in [1.807, 2.05) is 0 Å². The Hall–Kier alpha value is 0.0969. The lowest BCUT2D eigenvalue weighted by molar-refractivity contribution is -0.0118. The fourth-order valence-electron chi connectivity index (χ4n) is 0.207. The molecule has 44 valence electrons. The van der Waals surface area contributed by atoms with Gasteiger partial charge in [-0.25, -0.2) is 0 Å². The van der Waals surface area contributed by atoms with E-state index in [0.29, 0.717) is 13.2 Å². The molecule has 0 saturated carbocycles. The average Bonchev–Trinajstić information content (AvgIpc) is 1.69. The maximum absolute atomic E-state index is 8.03. The van der Waals surface area contributed by atoms with Crippen LogP contribution in [-0.4, -0.2) is 35.6 Å². The zero-order valence-electron chi connectivity index (χ0n) is 4.39. The molecule has 0 radical (unpaired) electrons. The van der Waals surface area contributed by atoms with Crippen LogP contribution in [0.2, 0.25) is 0 Å². The zero-order chi connectivity index (χ0) is 5.54. The van der Waals surface area contributed by atoms with E-state index >= 15 is 0 Å². The van der Waals surface area contributed by atoms with Crippen LogP contribution in [0.1, 0.15) is 0 Å². The first-order valence-corrected chi connectivity index (χ1v) is 2.91. The second kappa shape index (κ2) is 6.10. The minimum atomic E-state index is -0.203. The van der Waals surface area contributed by atoms with Gasteiger partial charge >= 0.3 is 0 Å². The van der Waals surface area contributed by atoms with Crippen LogP contribution in [0.5, 0.6) is 0 Å². The van der Waals surface area contributed by atoms with Crippen LogP contribution in [0.15, 0.2) is 0 Å². The quantitative estimate of drug-likeness (QED) is 0.273. The Morgan fingerprint density at radius 3 is 2.57 bits per heavy atom. The third-order valence-electron chi connectivity index (χ3n) is 0.523. The molecule has 0 aliphatic carbocycles. The van der Waals surface area contributed by atoms with Gasteiger partial charge in [0, 0.05) is 0 Å². The molecule has 0 aromatic heterocycles. The number of aliphatic hydroxyl groups is 1. The van der Waals surface area contributed by atoms with E-state index in [-0.39, 0.29) is 6.79 Å². The summed E-state index contributed by atoms with van der Waals surface area (Å²) in [6, 6.07) is 0. The van der Waals surface area contributed by atoms with Crippen molar-refractivity contribution in [3.63, 3.8) is 0 Å². The number of hydrogen-bond acceptors (Lipinski definition) is 3. The van der Waals surface area contributed by atoms with Gasteiger partial charge in [-0.3, -0.25) is 0 Å². The molecule has 0 heterocycles. The first-order valence-electron chi connectivity index (χ1n) is 2.09. The van der Waals surface area contributed by atoms with Gasteiger partial charge in [0.05, 0.1) is 13.2 Å². The summed E-state index contributed by atoms with van der Waals surface area (Å²) < 4.78 is 9.27. The van der Waals surface area contributed by atoms with Crippen molar-refractivity contribution in [2.24, 2.45) is 0 Å². The predicted molar refractivity (Wildman–Crippen MR) is 28.9 cm³/mol. The molecule has 0 rings (SSSR count). The second-order valence-electron chi connectivity index (χ2n) is 1.03. The Bertz CT molecular complexity index is 29.4. The molecule has 0 spiro atoms. The first kappa shape index (κ1) is 7.10. The van der Waals surface area contributed by atoms with Crippen LogP contribution in [0.4, 0.5) is 0 Å². The van der Waals surface area contributed by atoms with Crippen LogP contribution >= 0.6 is 0 Å². The van der Waals surface area contributed by atoms with E-state index in [0.717, 1.165) is 10.5 Å². The minimum Gasteiger partial charge on any atom is -0.426 e. The molecule has 0 aromatic carbocycles. The molecule has 3 nitrogen and oxygen atoms in total. The Kier molecular flexibility index (Phi) is 6.18. The van der Waals surface area contributed by atoms with Crippen molar-refractivity contribution < 1.29 is 14.3 Å². The Balaban J connectivity index is 2.45. The third kappa shape index (κ3) is 6.10. The molecule has 0 fully saturated rings. The Morgan fingerprint density at radius 2 is 2.14 bits per heavy atom. The summed E-state index contributed by atoms with van der Waals surface area (Å²) >= 11 is 0. The normalized spacial score (nSPS) is 9.86. The van der Waals surface area contributed by atoms with Gasteiger partial charge in [-0.15, -0.1) is 0 Å². The first-order chi connectivity index (χ1) is 3.41. The lowest BCUT2D eigenvalue weighted by Gasteiger charge is -1.95. The van der Waals surface area contributed by atoms with Gasteiger partial charge in [0.1, 0.15) is 17.3 Å². The van der Waals surface area contributed by atoms with Crippen molar-refractivity contribution in [2.75, 3.05) is 20.0 Å². The van der Waals surface area contributed by atoms with Crippen LogP contribution in [0, 0.1) is 0 Å². The largest absolute Gasteiger partial charge is 0.426 e. The fraction of sp³-hybridized carbons (Fsp3) is 1.00. The molecular weight excluding hydrogens is 112 g/mol. The summed E-state index contributed by atoms with van der Waals surface area (Å²) in [6.45, 7) is 0.900. The van der Waals surface area contributed by atoms with Crippen molar-refractivity contribution >= 4 is 10.5 Å². The highest BCUT2D eigenvalue weighted by Crippen LogP contribution is 1.69. The summed E-state index contributed by atoms with van der Waals surface area (Å²) in [5, 5.41) is 8.03. The van der Waals surface area contributed by atoms with E-state index < -0.39 is 0 Å². The van der Waals surface area contributed by atoms with Crippen molar-refractivity contribution in [1.82, 2.24) is 0 Å². The van der Waals surface area contributed by atoms with Crippen LogP contribution in [0.3, 0.4) is 0 Å². The van der Waals surface area contributed by atoms with Crippen LogP contribution < -0.4 is 0 Å². The molecule has 0 amide bonds. The monoisotopic (exact) mass is 122 g/mol. The third-order valence-corrected chi connectivity index (χ3v) is 0.931. The summed E-state index contributed by atoms with van der Waals surface area (Å²) in [7, 11) is 0.744. The van der Waals surface area contributed by atoms with Crippen molar-refractivity contribution in [3.8, 4) is 0 Å². The fourth-order valence-corrected chi connectivity index (χ4v) is 0.373. The van der Waals surface area contributed by atoms with Gasteiger partial charge in [0.2, 0.25) is 0 Å². The van der Waals surface area contributed by atoms with Crippen molar-refractivity contribution in [2.45, 2.75) is 0 Å². The SMILES string of the molecule is OCOCCO[SiH3]. The number of ether oxygens (including phenoxy) is 1. The lowest BCUT2D eigenvalue weighted by Crippen LogP contribution is -2.02. The highest BCUT2D eigenvalue weighted by molar-refractivity contribution is 5.97. The molecule has 0 bridgehead atoms. The minimum absolute atomic E-state index is 0.203. The molecule has 4 heteroatoms. The van der Waals surface area contributed by atoms with E-state index in [9.17, 15) is 0 Å².